The molecule has 2 heteroatoms. The van der Waals surface area contributed by atoms with Crippen LogP contribution in [0, 0.1) is 0 Å². The quantitative estimate of drug-likeness (QED) is 0.577. The van der Waals surface area contributed by atoms with E-state index in [4.69, 9.17) is 0 Å². The number of carbonyl (C=O) groups excluding carboxylic acids is 1. The molecule has 0 saturated heterocycles. The smallest absolute Gasteiger partial charge is 0.207 e. The van der Waals surface area contributed by atoms with Gasteiger partial charge in [0.2, 0.25) is 5.78 Å². The summed E-state index contributed by atoms with van der Waals surface area (Å²) in [6.45, 7) is 1.83. The van der Waals surface area contributed by atoms with E-state index < -0.39 is 0 Å². The first-order chi connectivity index (χ1) is 5.79. The molecule has 0 aliphatic heterocycles. The van der Waals surface area contributed by atoms with Gasteiger partial charge < -0.3 is 0 Å². The van der Waals surface area contributed by atoms with Crippen molar-refractivity contribution in [3.8, 4) is 0 Å². The molecule has 0 atom stereocenters. The Bertz CT molecular complexity index is 366. The van der Waals surface area contributed by atoms with Crippen molar-refractivity contribution in [2.75, 3.05) is 0 Å². The molecule has 1 aromatic heterocycles. The molecule has 1 aliphatic rings. The van der Waals surface area contributed by atoms with E-state index in [-0.39, 0.29) is 5.78 Å². The van der Waals surface area contributed by atoms with Gasteiger partial charge in [-0.25, -0.2) is 0 Å². The summed E-state index contributed by atoms with van der Waals surface area (Å²) in [5.74, 6) is 0.0665. The first-order valence-electron chi connectivity index (χ1n) is 3.94. The summed E-state index contributed by atoms with van der Waals surface area (Å²) in [4.78, 5) is 15.5. The molecule has 0 radical (unpaired) electrons. The molecule has 0 N–H and O–H groups in total. The average Bonchev–Trinajstić information content (AvgIpc) is 2.12. The minimum atomic E-state index is 0.0665. The second-order valence-electron chi connectivity index (χ2n) is 2.93. The van der Waals surface area contributed by atoms with Gasteiger partial charge in [-0.3, -0.25) is 9.78 Å². The molecule has 2 nitrogen and oxygen atoms in total. The lowest BCUT2D eigenvalue weighted by atomic mass is 9.96. The van der Waals surface area contributed by atoms with Crippen LogP contribution in [0.4, 0.5) is 0 Å². The van der Waals surface area contributed by atoms with Gasteiger partial charge in [0.25, 0.3) is 0 Å². The van der Waals surface area contributed by atoms with Crippen LogP contribution in [0.5, 0.6) is 0 Å². The maximum absolute atomic E-state index is 11.5. The number of carbonyl (C=O) groups is 1. The zero-order valence-electron chi connectivity index (χ0n) is 6.87. The number of hydrogen-bond acceptors (Lipinski definition) is 2. The normalized spacial score (nSPS) is 15.4. The minimum absolute atomic E-state index is 0.0665. The Morgan fingerprint density at radius 2 is 2.33 bits per heavy atom. The van der Waals surface area contributed by atoms with Gasteiger partial charge in [0.05, 0.1) is 0 Å². The number of rotatable bonds is 0. The van der Waals surface area contributed by atoms with E-state index in [9.17, 15) is 4.79 Å². The van der Waals surface area contributed by atoms with Crippen LogP contribution in [-0.2, 0) is 6.42 Å². The predicted octanol–water partition coefficient (Wildman–Crippen LogP) is 1.77. The van der Waals surface area contributed by atoms with Gasteiger partial charge in [0, 0.05) is 6.20 Å². The van der Waals surface area contributed by atoms with Gasteiger partial charge in [-0.15, -0.1) is 0 Å². The number of pyridine rings is 1. The number of ketones is 1. The van der Waals surface area contributed by atoms with E-state index in [1.54, 1.807) is 6.20 Å². The molecule has 1 aliphatic carbocycles. The monoisotopic (exact) mass is 159 g/mol. The van der Waals surface area contributed by atoms with Crippen LogP contribution in [0.25, 0.3) is 0 Å². The highest BCUT2D eigenvalue weighted by atomic mass is 16.1. The summed E-state index contributed by atoms with van der Waals surface area (Å²) in [5, 5.41) is 0. The second-order valence-corrected chi connectivity index (χ2v) is 2.93. The molecule has 0 bridgehead atoms. The fraction of sp³-hybridized carbons (Fsp3) is 0.200. The summed E-state index contributed by atoms with van der Waals surface area (Å²) in [5.41, 5.74) is 2.46. The molecule has 1 heterocycles. The highest BCUT2D eigenvalue weighted by Gasteiger charge is 2.17. The van der Waals surface area contributed by atoms with Crippen LogP contribution < -0.4 is 0 Å². The zero-order valence-corrected chi connectivity index (χ0v) is 6.87. The van der Waals surface area contributed by atoms with Crippen molar-refractivity contribution in [1.82, 2.24) is 4.98 Å². The summed E-state index contributed by atoms with van der Waals surface area (Å²) < 4.78 is 0. The Kier molecular flexibility index (Phi) is 1.54. The third kappa shape index (κ3) is 0.961. The van der Waals surface area contributed by atoms with Crippen molar-refractivity contribution < 1.29 is 4.79 Å². The maximum atomic E-state index is 11.5. The number of fused-ring (bicyclic) bond motifs is 1. The fourth-order valence-corrected chi connectivity index (χ4v) is 1.35. The number of allylic oxidation sites excluding steroid dienone is 2. The molecule has 0 aromatic carbocycles. The summed E-state index contributed by atoms with van der Waals surface area (Å²) in [6.07, 6.45) is 4.45. The Morgan fingerprint density at radius 3 is 3.17 bits per heavy atom. The van der Waals surface area contributed by atoms with E-state index >= 15 is 0 Å². The highest BCUT2D eigenvalue weighted by molar-refractivity contribution is 6.08. The Hall–Kier alpha value is -1.44. The fourth-order valence-electron chi connectivity index (χ4n) is 1.35. The zero-order chi connectivity index (χ0) is 8.55. The van der Waals surface area contributed by atoms with Crippen molar-refractivity contribution in [3.05, 3.63) is 41.2 Å². The van der Waals surface area contributed by atoms with Gasteiger partial charge in [-0.2, -0.15) is 0 Å². The highest BCUT2D eigenvalue weighted by Crippen LogP contribution is 2.17. The van der Waals surface area contributed by atoms with Crippen LogP contribution in [0.15, 0.2) is 30.0 Å². The van der Waals surface area contributed by atoms with E-state index in [0.717, 1.165) is 17.6 Å². The first kappa shape index (κ1) is 7.22. The lowest BCUT2D eigenvalue weighted by Gasteiger charge is -2.10. The summed E-state index contributed by atoms with van der Waals surface area (Å²) >= 11 is 0. The molecule has 12 heavy (non-hydrogen) atoms. The largest absolute Gasteiger partial charge is 0.287 e. The third-order valence-electron chi connectivity index (χ3n) is 2.09. The Balaban J connectivity index is 2.57. The van der Waals surface area contributed by atoms with Gasteiger partial charge in [-0.1, -0.05) is 12.1 Å². The van der Waals surface area contributed by atoms with E-state index in [2.05, 4.69) is 4.98 Å². The number of hydrogen-bond donors (Lipinski definition) is 0. The van der Waals surface area contributed by atoms with Crippen LogP contribution in [0.1, 0.15) is 23.0 Å². The number of aromatic nitrogens is 1. The molecule has 0 saturated carbocycles. The molecule has 0 unspecified atom stereocenters. The van der Waals surface area contributed by atoms with E-state index in [1.165, 1.54) is 0 Å². The van der Waals surface area contributed by atoms with Crippen molar-refractivity contribution in [3.63, 3.8) is 0 Å². The van der Waals surface area contributed by atoms with Gasteiger partial charge in [-0.05, 0) is 30.5 Å². The summed E-state index contributed by atoms with van der Waals surface area (Å²) in [7, 11) is 0. The molecule has 0 amide bonds. The minimum Gasteiger partial charge on any atom is -0.287 e. The standard InChI is InChI=1S/C10H9NO/c1-7-4-5-8-3-2-6-11-9(8)10(7)12/h2-4,6H,5H2,1H3. The number of Topliss-reactive ketones (excluding diaryl/α,β-unsaturated/α-hetero) is 1. The van der Waals surface area contributed by atoms with Crippen LogP contribution in [0.2, 0.25) is 0 Å². The van der Waals surface area contributed by atoms with Crippen molar-refractivity contribution >= 4 is 5.78 Å². The average molecular weight is 159 g/mol. The SMILES string of the molecule is CC1=CCc2cccnc2C1=O. The number of nitrogens with zero attached hydrogens (tertiary/aromatic N) is 1. The third-order valence-corrected chi connectivity index (χ3v) is 2.09. The van der Waals surface area contributed by atoms with Crippen LogP contribution in [0.3, 0.4) is 0 Å². The lowest BCUT2D eigenvalue weighted by Crippen LogP contribution is -2.11. The van der Waals surface area contributed by atoms with E-state index in [0.29, 0.717) is 5.69 Å². The Labute approximate surface area is 70.9 Å². The topological polar surface area (TPSA) is 30.0 Å². The second kappa shape index (κ2) is 2.55. The van der Waals surface area contributed by atoms with Gasteiger partial charge in [0.1, 0.15) is 5.69 Å². The molecular weight excluding hydrogens is 150 g/mol. The van der Waals surface area contributed by atoms with Gasteiger partial charge in [0.15, 0.2) is 0 Å². The molecular formula is C10H9NO. The maximum Gasteiger partial charge on any atom is 0.207 e. The van der Waals surface area contributed by atoms with E-state index in [1.807, 2.05) is 25.1 Å². The van der Waals surface area contributed by atoms with Crippen molar-refractivity contribution in [1.29, 1.82) is 0 Å². The van der Waals surface area contributed by atoms with Crippen LogP contribution in [-0.4, -0.2) is 10.8 Å². The molecule has 0 spiro atoms. The summed E-state index contributed by atoms with van der Waals surface area (Å²) in [6, 6.07) is 3.81. The van der Waals surface area contributed by atoms with Crippen LogP contribution >= 0.6 is 0 Å². The molecule has 2 rings (SSSR count). The van der Waals surface area contributed by atoms with Crippen molar-refractivity contribution in [2.45, 2.75) is 13.3 Å². The molecule has 1 aromatic rings. The lowest BCUT2D eigenvalue weighted by molar-refractivity contribution is 0.102. The predicted molar refractivity (Wildman–Crippen MR) is 46.0 cm³/mol. The Morgan fingerprint density at radius 1 is 1.50 bits per heavy atom. The molecule has 0 fully saturated rings. The van der Waals surface area contributed by atoms with Gasteiger partial charge >= 0.3 is 0 Å². The molecule has 60 valence electrons. The van der Waals surface area contributed by atoms with Crippen molar-refractivity contribution in [2.24, 2.45) is 0 Å². The first-order valence-corrected chi connectivity index (χ1v) is 3.94.